The van der Waals surface area contributed by atoms with E-state index in [1.165, 1.54) is 5.56 Å². The monoisotopic (exact) mass is 354 g/mol. The summed E-state index contributed by atoms with van der Waals surface area (Å²) in [6.07, 6.45) is -0.390. The van der Waals surface area contributed by atoms with Crippen LogP contribution in [0.1, 0.15) is 22.8 Å². The molecule has 0 aromatic heterocycles. The van der Waals surface area contributed by atoms with Crippen molar-refractivity contribution < 1.29 is 14.6 Å². The number of morpholine rings is 1. The molecule has 2 aromatic carbocycles. The van der Waals surface area contributed by atoms with Crippen molar-refractivity contribution in [2.24, 2.45) is 0 Å². The lowest BCUT2D eigenvalue weighted by Gasteiger charge is -2.29. The van der Waals surface area contributed by atoms with E-state index in [1.807, 2.05) is 55.5 Å². The summed E-state index contributed by atoms with van der Waals surface area (Å²) in [7, 11) is 0. The lowest BCUT2D eigenvalue weighted by Crippen LogP contribution is -2.36. The van der Waals surface area contributed by atoms with Crippen molar-refractivity contribution in [1.82, 2.24) is 5.32 Å². The number of ether oxygens (including phenoxy) is 1. The number of anilines is 1. The summed E-state index contributed by atoms with van der Waals surface area (Å²) in [5.74, 6) is -0.0853. The highest BCUT2D eigenvalue weighted by atomic mass is 16.5. The first kappa shape index (κ1) is 18.4. The van der Waals surface area contributed by atoms with Gasteiger partial charge < -0.3 is 20.1 Å². The van der Waals surface area contributed by atoms with Gasteiger partial charge >= 0.3 is 0 Å². The summed E-state index contributed by atoms with van der Waals surface area (Å²) < 4.78 is 5.36. The van der Waals surface area contributed by atoms with Crippen LogP contribution in [0.2, 0.25) is 0 Å². The molecule has 138 valence electrons. The van der Waals surface area contributed by atoms with Gasteiger partial charge in [0.05, 0.1) is 25.7 Å². The molecular formula is C21H26N2O3. The maximum atomic E-state index is 12.1. The van der Waals surface area contributed by atoms with Gasteiger partial charge in [0.2, 0.25) is 5.91 Å². The molecule has 1 amide bonds. The van der Waals surface area contributed by atoms with E-state index in [2.05, 4.69) is 10.2 Å². The molecule has 0 radical (unpaired) electrons. The molecule has 1 heterocycles. The topological polar surface area (TPSA) is 61.8 Å². The summed E-state index contributed by atoms with van der Waals surface area (Å²) in [5.41, 5.74) is 4.08. The third kappa shape index (κ3) is 5.07. The Balaban J connectivity index is 1.48. The predicted octanol–water partition coefficient (Wildman–Crippen LogP) is 2.22. The smallest absolute Gasteiger partial charge is 0.224 e. The van der Waals surface area contributed by atoms with Crippen LogP contribution in [0, 0.1) is 6.92 Å². The lowest BCUT2D eigenvalue weighted by atomic mass is 10.1. The first-order chi connectivity index (χ1) is 12.6. The molecule has 1 atom stereocenters. The Bertz CT molecular complexity index is 707. The van der Waals surface area contributed by atoms with E-state index >= 15 is 0 Å². The molecule has 26 heavy (non-hydrogen) atoms. The van der Waals surface area contributed by atoms with E-state index in [1.54, 1.807) is 0 Å². The number of carbonyl (C=O) groups is 1. The highest BCUT2D eigenvalue weighted by molar-refractivity contribution is 5.78. The Morgan fingerprint density at radius 2 is 1.77 bits per heavy atom. The van der Waals surface area contributed by atoms with E-state index < -0.39 is 6.10 Å². The van der Waals surface area contributed by atoms with Crippen LogP contribution in [0.5, 0.6) is 0 Å². The average Bonchev–Trinajstić information content (AvgIpc) is 2.69. The third-order valence-electron chi connectivity index (χ3n) is 4.63. The molecule has 2 aromatic rings. The zero-order valence-corrected chi connectivity index (χ0v) is 15.1. The van der Waals surface area contributed by atoms with Gasteiger partial charge in [-0.25, -0.2) is 0 Å². The Hall–Kier alpha value is -2.37. The maximum Gasteiger partial charge on any atom is 0.224 e. The summed E-state index contributed by atoms with van der Waals surface area (Å²) in [5, 5.41) is 13.1. The van der Waals surface area contributed by atoms with Gasteiger partial charge in [0.25, 0.3) is 0 Å². The fraction of sp³-hybridized carbons (Fsp3) is 0.381. The number of nitrogens with zero attached hydrogens (tertiary/aromatic N) is 1. The van der Waals surface area contributed by atoms with Gasteiger partial charge in [-0.3, -0.25) is 4.79 Å². The van der Waals surface area contributed by atoms with Gasteiger partial charge in [0.15, 0.2) is 0 Å². The highest BCUT2D eigenvalue weighted by Crippen LogP contribution is 2.20. The number of nitrogens with one attached hydrogen (secondary N) is 1. The van der Waals surface area contributed by atoms with Gasteiger partial charge in [0.1, 0.15) is 0 Å². The van der Waals surface area contributed by atoms with Crippen molar-refractivity contribution >= 4 is 11.6 Å². The molecule has 1 aliphatic rings. The molecule has 3 rings (SSSR count). The fourth-order valence-electron chi connectivity index (χ4n) is 3.01. The molecule has 0 aliphatic carbocycles. The van der Waals surface area contributed by atoms with Crippen molar-refractivity contribution in [2.75, 3.05) is 37.7 Å². The van der Waals surface area contributed by atoms with Crippen molar-refractivity contribution in [1.29, 1.82) is 0 Å². The van der Waals surface area contributed by atoms with Gasteiger partial charge in [0, 0.05) is 25.3 Å². The second-order valence-electron chi connectivity index (χ2n) is 6.67. The number of rotatable bonds is 6. The van der Waals surface area contributed by atoms with Crippen molar-refractivity contribution in [3.05, 3.63) is 65.2 Å². The molecule has 5 heteroatoms. The van der Waals surface area contributed by atoms with Crippen LogP contribution in [-0.2, 0) is 16.0 Å². The normalized spacial score (nSPS) is 15.5. The van der Waals surface area contributed by atoms with E-state index in [4.69, 9.17) is 4.74 Å². The van der Waals surface area contributed by atoms with Gasteiger partial charge in [-0.1, -0.05) is 42.0 Å². The van der Waals surface area contributed by atoms with E-state index in [0.29, 0.717) is 6.42 Å². The van der Waals surface area contributed by atoms with Gasteiger partial charge in [-0.05, 0) is 30.2 Å². The number of hydrogen-bond donors (Lipinski definition) is 2. The first-order valence-corrected chi connectivity index (χ1v) is 9.05. The second-order valence-corrected chi connectivity index (χ2v) is 6.67. The fourth-order valence-corrected chi connectivity index (χ4v) is 3.01. The SMILES string of the molecule is Cc1ccc(CC(=O)NCC(O)c2ccc(N3CCOCC3)cc2)cc1. The Morgan fingerprint density at radius 3 is 2.42 bits per heavy atom. The Morgan fingerprint density at radius 1 is 1.12 bits per heavy atom. The number of carbonyl (C=O) groups excluding carboxylic acids is 1. The summed E-state index contributed by atoms with van der Waals surface area (Å²) in [6, 6.07) is 15.8. The van der Waals surface area contributed by atoms with Crippen LogP contribution in [0.25, 0.3) is 0 Å². The molecular weight excluding hydrogens is 328 g/mol. The van der Waals surface area contributed by atoms with E-state index in [0.717, 1.165) is 43.1 Å². The highest BCUT2D eigenvalue weighted by Gasteiger charge is 2.13. The number of benzene rings is 2. The lowest BCUT2D eigenvalue weighted by molar-refractivity contribution is -0.120. The Labute approximate surface area is 154 Å². The molecule has 5 nitrogen and oxygen atoms in total. The quantitative estimate of drug-likeness (QED) is 0.835. The zero-order chi connectivity index (χ0) is 18.4. The molecule has 1 saturated heterocycles. The van der Waals surface area contributed by atoms with Crippen LogP contribution < -0.4 is 10.2 Å². The number of amides is 1. The Kier molecular flexibility index (Phi) is 6.26. The van der Waals surface area contributed by atoms with Crippen LogP contribution in [0.4, 0.5) is 5.69 Å². The summed E-state index contributed by atoms with van der Waals surface area (Å²) >= 11 is 0. The largest absolute Gasteiger partial charge is 0.387 e. The molecule has 1 unspecified atom stereocenters. The number of aryl methyl sites for hydroxylation is 1. The molecule has 0 spiro atoms. The molecule has 1 aliphatic heterocycles. The molecule has 0 bridgehead atoms. The van der Waals surface area contributed by atoms with Gasteiger partial charge in [-0.2, -0.15) is 0 Å². The third-order valence-corrected chi connectivity index (χ3v) is 4.63. The summed E-state index contributed by atoms with van der Waals surface area (Å²) in [4.78, 5) is 14.3. The number of aliphatic hydroxyl groups is 1. The maximum absolute atomic E-state index is 12.1. The van der Waals surface area contributed by atoms with Crippen molar-refractivity contribution in [3.63, 3.8) is 0 Å². The van der Waals surface area contributed by atoms with E-state index in [9.17, 15) is 9.90 Å². The van der Waals surface area contributed by atoms with Crippen molar-refractivity contribution in [2.45, 2.75) is 19.4 Å². The first-order valence-electron chi connectivity index (χ1n) is 9.05. The van der Waals surface area contributed by atoms with Crippen LogP contribution in [0.3, 0.4) is 0 Å². The number of hydrogen-bond acceptors (Lipinski definition) is 4. The standard InChI is InChI=1S/C21H26N2O3/c1-16-2-4-17(5-3-16)14-21(25)22-15-20(24)18-6-8-19(9-7-18)23-10-12-26-13-11-23/h2-9,20,24H,10-15H2,1H3,(H,22,25). The van der Waals surface area contributed by atoms with E-state index in [-0.39, 0.29) is 12.5 Å². The average molecular weight is 354 g/mol. The van der Waals surface area contributed by atoms with Crippen LogP contribution >= 0.6 is 0 Å². The molecule has 2 N–H and O–H groups in total. The minimum absolute atomic E-state index is 0.0853. The van der Waals surface area contributed by atoms with Crippen molar-refractivity contribution in [3.8, 4) is 0 Å². The van der Waals surface area contributed by atoms with Crippen LogP contribution in [0.15, 0.2) is 48.5 Å². The summed E-state index contributed by atoms with van der Waals surface area (Å²) in [6.45, 7) is 5.49. The molecule has 1 fully saturated rings. The predicted molar refractivity (Wildman–Crippen MR) is 102 cm³/mol. The zero-order valence-electron chi connectivity index (χ0n) is 15.1. The minimum Gasteiger partial charge on any atom is -0.387 e. The number of aliphatic hydroxyl groups excluding tert-OH is 1. The molecule has 0 saturated carbocycles. The van der Waals surface area contributed by atoms with Crippen LogP contribution in [-0.4, -0.2) is 43.9 Å². The minimum atomic E-state index is -0.712. The van der Waals surface area contributed by atoms with Gasteiger partial charge in [-0.15, -0.1) is 0 Å². The second kappa shape index (κ2) is 8.83.